The molecule has 2 aliphatic rings. The molecule has 3 heterocycles. The molecule has 1 saturated carbocycles. The number of nitrogens with one attached hydrogen (secondary N) is 1. The average Bonchev–Trinajstić information content (AvgIpc) is 3.44. The Bertz CT molecular complexity index is 1820. The van der Waals surface area contributed by atoms with Crippen molar-refractivity contribution in [2.45, 2.75) is 63.2 Å². The van der Waals surface area contributed by atoms with Gasteiger partial charge in [-0.15, -0.1) is 0 Å². The number of nitrogens with zero attached hydrogens (tertiary/aromatic N) is 5. The standard InChI is InChI=1S/C34H39FN6O3/c1-38(2)22-24-11-5-6-14-27(24)23-12-9-13-26(19-23)40-30-28(20-25(35)21-36-30)32(43)41(33(40)44)34(16-7-4-8-17-34)37-31(42)29-15-10-18-39(29)3/h5-6,9,11-14,19-21,29H,4,7-8,10,15-18,22H2,1-3H3,(H,37,42)/t29-/m1/s1. The van der Waals surface area contributed by atoms with Crippen LogP contribution in [0.5, 0.6) is 0 Å². The molecule has 0 spiro atoms. The number of aromatic nitrogens is 3. The van der Waals surface area contributed by atoms with Crippen molar-refractivity contribution in [2.24, 2.45) is 0 Å². The molecular formula is C34H39FN6O3. The van der Waals surface area contributed by atoms with Crippen molar-refractivity contribution in [3.63, 3.8) is 0 Å². The van der Waals surface area contributed by atoms with E-state index in [1.807, 2.05) is 62.4 Å². The Labute approximate surface area is 255 Å². The van der Waals surface area contributed by atoms with Gasteiger partial charge in [-0.2, -0.15) is 0 Å². The number of amides is 1. The second-order valence-electron chi connectivity index (χ2n) is 12.4. The van der Waals surface area contributed by atoms with Crippen LogP contribution >= 0.6 is 0 Å². The van der Waals surface area contributed by atoms with Gasteiger partial charge in [-0.1, -0.05) is 42.8 Å². The van der Waals surface area contributed by atoms with Crippen molar-refractivity contribution in [2.75, 3.05) is 27.7 Å². The molecule has 0 bridgehead atoms. The third-order valence-electron chi connectivity index (χ3n) is 9.07. The van der Waals surface area contributed by atoms with E-state index in [1.165, 1.54) is 9.13 Å². The molecule has 0 radical (unpaired) electrons. The van der Waals surface area contributed by atoms with Crippen molar-refractivity contribution in [1.29, 1.82) is 0 Å². The summed E-state index contributed by atoms with van der Waals surface area (Å²) >= 11 is 0. The first-order valence-electron chi connectivity index (χ1n) is 15.4. The Hall–Kier alpha value is -4.15. The molecule has 1 amide bonds. The summed E-state index contributed by atoms with van der Waals surface area (Å²) in [6.07, 6.45) is 5.91. The van der Waals surface area contributed by atoms with E-state index in [2.05, 4.69) is 21.3 Å². The molecule has 4 aromatic rings. The minimum absolute atomic E-state index is 0.0137. The molecule has 1 atom stereocenters. The molecule has 2 aromatic carbocycles. The third kappa shape index (κ3) is 5.48. The number of rotatable bonds is 7. The Balaban J connectivity index is 1.56. The number of carbonyl (C=O) groups is 1. The second-order valence-corrected chi connectivity index (χ2v) is 12.4. The first kappa shape index (κ1) is 29.9. The molecule has 230 valence electrons. The molecule has 9 nitrogen and oxygen atoms in total. The van der Waals surface area contributed by atoms with Gasteiger partial charge in [-0.05, 0) is 101 Å². The molecule has 1 saturated heterocycles. The highest BCUT2D eigenvalue weighted by Crippen LogP contribution is 2.33. The van der Waals surface area contributed by atoms with Gasteiger partial charge in [-0.3, -0.25) is 14.5 Å². The molecule has 1 N–H and O–H groups in total. The van der Waals surface area contributed by atoms with E-state index in [0.717, 1.165) is 67.7 Å². The summed E-state index contributed by atoms with van der Waals surface area (Å²) in [5.74, 6) is -0.867. The predicted molar refractivity (Wildman–Crippen MR) is 169 cm³/mol. The smallest absolute Gasteiger partial charge is 0.331 e. The van der Waals surface area contributed by atoms with Gasteiger partial charge in [-0.25, -0.2) is 23.3 Å². The van der Waals surface area contributed by atoms with E-state index in [4.69, 9.17) is 0 Å². The van der Waals surface area contributed by atoms with Crippen molar-refractivity contribution in [1.82, 2.24) is 29.2 Å². The highest BCUT2D eigenvalue weighted by molar-refractivity contribution is 5.83. The number of likely N-dealkylation sites (N-methyl/N-ethyl adjacent to an activating group) is 1. The van der Waals surface area contributed by atoms with E-state index >= 15 is 0 Å². The number of halogens is 1. The zero-order valence-corrected chi connectivity index (χ0v) is 25.6. The molecule has 6 rings (SSSR count). The van der Waals surface area contributed by atoms with E-state index in [-0.39, 0.29) is 23.0 Å². The number of hydrogen-bond acceptors (Lipinski definition) is 6. The molecule has 1 aliphatic heterocycles. The lowest BCUT2D eigenvalue weighted by Gasteiger charge is -2.40. The molecule has 10 heteroatoms. The molecule has 2 aromatic heterocycles. The molecule has 1 aliphatic carbocycles. The first-order chi connectivity index (χ1) is 21.2. The topological polar surface area (TPSA) is 92.5 Å². The van der Waals surface area contributed by atoms with Crippen LogP contribution < -0.4 is 16.6 Å². The van der Waals surface area contributed by atoms with Gasteiger partial charge in [0.25, 0.3) is 5.56 Å². The fraction of sp³-hybridized carbons (Fsp3) is 0.412. The lowest BCUT2D eigenvalue weighted by atomic mass is 9.88. The largest absolute Gasteiger partial charge is 0.339 e. The maximum atomic E-state index is 14.6. The number of benzene rings is 2. The van der Waals surface area contributed by atoms with Gasteiger partial charge in [0.15, 0.2) is 5.65 Å². The quantitative estimate of drug-likeness (QED) is 0.342. The van der Waals surface area contributed by atoms with Gasteiger partial charge in [0.2, 0.25) is 5.91 Å². The van der Waals surface area contributed by atoms with Crippen LogP contribution in [0.3, 0.4) is 0 Å². The maximum absolute atomic E-state index is 14.6. The summed E-state index contributed by atoms with van der Waals surface area (Å²) in [6, 6.07) is 16.4. The molecular weight excluding hydrogens is 559 g/mol. The van der Waals surface area contributed by atoms with Crippen LogP contribution in [0.4, 0.5) is 4.39 Å². The summed E-state index contributed by atoms with van der Waals surface area (Å²) < 4.78 is 17.2. The number of hydrogen-bond donors (Lipinski definition) is 1. The van der Waals surface area contributed by atoms with Crippen LogP contribution in [0, 0.1) is 5.82 Å². The maximum Gasteiger partial charge on any atom is 0.339 e. The fourth-order valence-electron chi connectivity index (χ4n) is 6.96. The van der Waals surface area contributed by atoms with Gasteiger partial charge >= 0.3 is 5.69 Å². The predicted octanol–water partition coefficient (Wildman–Crippen LogP) is 4.24. The first-order valence-corrected chi connectivity index (χ1v) is 15.4. The van der Waals surface area contributed by atoms with Crippen LogP contribution in [-0.4, -0.2) is 63.6 Å². The number of carbonyl (C=O) groups excluding carboxylic acids is 1. The van der Waals surface area contributed by atoms with E-state index in [0.29, 0.717) is 24.9 Å². The Morgan fingerprint density at radius 3 is 2.55 bits per heavy atom. The van der Waals surface area contributed by atoms with Crippen molar-refractivity contribution < 1.29 is 9.18 Å². The Morgan fingerprint density at radius 2 is 1.82 bits per heavy atom. The SMILES string of the molecule is CN(C)Cc1ccccc1-c1cccc(-n2c(=O)n(C3(NC(=O)[C@H]4CCCN4C)CCCCC3)c(=O)c3cc(F)cnc32)c1. The Kier molecular flexibility index (Phi) is 8.22. The van der Waals surface area contributed by atoms with E-state index < -0.39 is 22.7 Å². The van der Waals surface area contributed by atoms with E-state index in [1.54, 1.807) is 6.07 Å². The molecule has 2 fully saturated rings. The number of likely N-dealkylation sites (tertiary alicyclic amines) is 1. The number of fused-ring (bicyclic) bond motifs is 1. The van der Waals surface area contributed by atoms with E-state index in [9.17, 15) is 18.8 Å². The average molecular weight is 599 g/mol. The lowest BCUT2D eigenvalue weighted by Crippen LogP contribution is -2.62. The minimum Gasteiger partial charge on any atom is -0.331 e. The summed E-state index contributed by atoms with van der Waals surface area (Å²) in [7, 11) is 5.94. The zero-order chi connectivity index (χ0) is 31.0. The van der Waals surface area contributed by atoms with Crippen molar-refractivity contribution in [3.8, 4) is 16.8 Å². The van der Waals surface area contributed by atoms with Crippen molar-refractivity contribution >= 4 is 16.9 Å². The van der Waals surface area contributed by atoms with Crippen LogP contribution in [-0.2, 0) is 17.0 Å². The highest BCUT2D eigenvalue weighted by Gasteiger charge is 2.41. The van der Waals surface area contributed by atoms with Crippen LogP contribution in [0.1, 0.15) is 50.5 Å². The second kappa shape index (κ2) is 12.1. The zero-order valence-electron chi connectivity index (χ0n) is 25.6. The monoisotopic (exact) mass is 598 g/mol. The van der Waals surface area contributed by atoms with Crippen LogP contribution in [0.2, 0.25) is 0 Å². The lowest BCUT2D eigenvalue weighted by molar-refractivity contribution is -0.129. The fourth-order valence-corrected chi connectivity index (χ4v) is 6.96. The Morgan fingerprint density at radius 1 is 1.05 bits per heavy atom. The minimum atomic E-state index is -1.23. The summed E-state index contributed by atoms with van der Waals surface area (Å²) in [5, 5.41) is 3.16. The highest BCUT2D eigenvalue weighted by atomic mass is 19.1. The third-order valence-corrected chi connectivity index (χ3v) is 9.07. The van der Waals surface area contributed by atoms with Gasteiger partial charge in [0.05, 0.1) is 23.3 Å². The van der Waals surface area contributed by atoms with Gasteiger partial charge < -0.3 is 10.2 Å². The van der Waals surface area contributed by atoms with Gasteiger partial charge in [0, 0.05) is 6.54 Å². The summed E-state index contributed by atoms with van der Waals surface area (Å²) in [4.78, 5) is 50.8. The summed E-state index contributed by atoms with van der Waals surface area (Å²) in [5.41, 5.74) is 1.12. The number of pyridine rings is 1. The van der Waals surface area contributed by atoms with Crippen LogP contribution in [0.25, 0.3) is 27.8 Å². The van der Waals surface area contributed by atoms with Gasteiger partial charge in [0.1, 0.15) is 11.5 Å². The normalized spacial score (nSPS) is 18.6. The summed E-state index contributed by atoms with van der Waals surface area (Å²) in [6.45, 7) is 1.54. The van der Waals surface area contributed by atoms with Crippen molar-refractivity contribution in [3.05, 3.63) is 93.0 Å². The van der Waals surface area contributed by atoms with Crippen LogP contribution in [0.15, 0.2) is 70.4 Å². The molecule has 44 heavy (non-hydrogen) atoms. The molecule has 0 unspecified atom stereocenters.